The molecule has 0 radical (unpaired) electrons. The van der Waals surface area contributed by atoms with Crippen LogP contribution in [-0.2, 0) is 0 Å². The molecule has 0 heterocycles. The summed E-state index contributed by atoms with van der Waals surface area (Å²) in [6, 6.07) is 2.31. The summed E-state index contributed by atoms with van der Waals surface area (Å²) < 4.78 is 12.0. The second-order valence-electron chi connectivity index (χ2n) is 2.91. The molecule has 1 aromatic rings. The van der Waals surface area contributed by atoms with Crippen LogP contribution in [0.3, 0.4) is 0 Å². The lowest BCUT2D eigenvalue weighted by atomic mass is 10.0. The molecule has 0 amide bonds. The van der Waals surface area contributed by atoms with Gasteiger partial charge in [0.2, 0.25) is 0 Å². The smallest absolute Gasteiger partial charge is 0.139 e. The molecule has 0 spiro atoms. The SMILES string of the molecule is N[C@H](CCF)c1cc(Cl)cc(Cl)c1O. The minimum Gasteiger partial charge on any atom is -0.506 e. The van der Waals surface area contributed by atoms with E-state index in [-0.39, 0.29) is 17.2 Å². The van der Waals surface area contributed by atoms with Gasteiger partial charge >= 0.3 is 0 Å². The van der Waals surface area contributed by atoms with E-state index in [9.17, 15) is 9.50 Å². The summed E-state index contributed by atoms with van der Waals surface area (Å²) in [5.41, 5.74) is 6.00. The third-order valence-corrected chi connectivity index (χ3v) is 2.38. The minimum absolute atomic E-state index is 0.127. The van der Waals surface area contributed by atoms with Crippen LogP contribution in [-0.4, -0.2) is 11.8 Å². The highest BCUT2D eigenvalue weighted by Crippen LogP contribution is 2.34. The number of rotatable bonds is 3. The lowest BCUT2D eigenvalue weighted by Gasteiger charge is -2.13. The summed E-state index contributed by atoms with van der Waals surface area (Å²) in [6.07, 6.45) is 0.129. The monoisotopic (exact) mass is 237 g/mol. The number of hydrogen-bond donors (Lipinski definition) is 2. The second-order valence-corrected chi connectivity index (χ2v) is 3.75. The maximum Gasteiger partial charge on any atom is 0.139 e. The van der Waals surface area contributed by atoms with E-state index in [1.54, 1.807) is 0 Å². The van der Waals surface area contributed by atoms with Gasteiger partial charge < -0.3 is 10.8 Å². The van der Waals surface area contributed by atoms with Gasteiger partial charge in [-0.1, -0.05) is 23.2 Å². The highest BCUT2D eigenvalue weighted by atomic mass is 35.5. The van der Waals surface area contributed by atoms with Crippen LogP contribution in [0.5, 0.6) is 5.75 Å². The maximum atomic E-state index is 12.0. The van der Waals surface area contributed by atoms with E-state index >= 15 is 0 Å². The second kappa shape index (κ2) is 4.82. The van der Waals surface area contributed by atoms with Crippen LogP contribution in [0.2, 0.25) is 10.0 Å². The topological polar surface area (TPSA) is 46.2 Å². The first-order valence-corrected chi connectivity index (χ1v) is 4.81. The van der Waals surface area contributed by atoms with Crippen molar-refractivity contribution >= 4 is 23.2 Å². The number of aromatic hydroxyl groups is 1. The van der Waals surface area contributed by atoms with Gasteiger partial charge in [-0.15, -0.1) is 0 Å². The largest absolute Gasteiger partial charge is 0.506 e. The molecule has 1 aromatic carbocycles. The third-order valence-electron chi connectivity index (χ3n) is 1.88. The Balaban J connectivity index is 3.07. The summed E-state index contributed by atoms with van der Waals surface area (Å²) in [4.78, 5) is 0. The Morgan fingerprint density at radius 1 is 1.43 bits per heavy atom. The fraction of sp³-hybridized carbons (Fsp3) is 0.333. The zero-order chi connectivity index (χ0) is 10.7. The molecular formula is C9H10Cl2FNO. The Morgan fingerprint density at radius 2 is 2.07 bits per heavy atom. The van der Waals surface area contributed by atoms with Gasteiger partial charge in [-0.05, 0) is 18.6 Å². The molecule has 14 heavy (non-hydrogen) atoms. The summed E-state index contributed by atoms with van der Waals surface area (Å²) in [7, 11) is 0. The van der Waals surface area contributed by atoms with Gasteiger partial charge in [0.05, 0.1) is 11.7 Å². The molecule has 5 heteroatoms. The molecule has 0 aromatic heterocycles. The molecule has 0 unspecified atom stereocenters. The van der Waals surface area contributed by atoms with Gasteiger partial charge in [0.1, 0.15) is 5.75 Å². The van der Waals surface area contributed by atoms with E-state index in [2.05, 4.69) is 0 Å². The molecule has 0 saturated heterocycles. The molecule has 0 aliphatic rings. The maximum absolute atomic E-state index is 12.0. The third kappa shape index (κ3) is 2.50. The molecule has 2 nitrogen and oxygen atoms in total. The van der Waals surface area contributed by atoms with Crippen molar-refractivity contribution in [3.05, 3.63) is 27.7 Å². The summed E-state index contributed by atoms with van der Waals surface area (Å²) >= 11 is 11.4. The number of phenols is 1. The van der Waals surface area contributed by atoms with E-state index < -0.39 is 12.7 Å². The van der Waals surface area contributed by atoms with Crippen LogP contribution in [0, 0.1) is 0 Å². The normalized spacial score (nSPS) is 12.9. The van der Waals surface area contributed by atoms with Crippen molar-refractivity contribution in [3.8, 4) is 5.75 Å². The molecule has 1 rings (SSSR count). The summed E-state index contributed by atoms with van der Waals surface area (Å²) in [5, 5.41) is 10.0. The van der Waals surface area contributed by atoms with Gasteiger partial charge in [0.25, 0.3) is 0 Å². The van der Waals surface area contributed by atoms with Crippen molar-refractivity contribution in [2.45, 2.75) is 12.5 Å². The van der Waals surface area contributed by atoms with Crippen LogP contribution >= 0.6 is 23.2 Å². The summed E-state index contributed by atoms with van der Waals surface area (Å²) in [5.74, 6) is -0.128. The minimum atomic E-state index is -0.587. The number of phenolic OH excluding ortho intramolecular Hbond substituents is 1. The molecule has 78 valence electrons. The standard InChI is InChI=1S/C9H10Cl2FNO/c10-5-3-6(8(13)1-2-12)9(14)7(11)4-5/h3-4,8,14H,1-2,13H2/t8-/m1/s1. The van der Waals surface area contributed by atoms with E-state index in [1.807, 2.05) is 0 Å². The molecular weight excluding hydrogens is 228 g/mol. The predicted molar refractivity (Wildman–Crippen MR) is 55.6 cm³/mol. The molecule has 1 atom stereocenters. The average molecular weight is 238 g/mol. The van der Waals surface area contributed by atoms with Crippen molar-refractivity contribution in [2.75, 3.05) is 6.67 Å². The molecule has 0 fully saturated rings. The van der Waals surface area contributed by atoms with Gasteiger partial charge in [-0.25, -0.2) is 0 Å². The number of halogens is 3. The van der Waals surface area contributed by atoms with Crippen molar-refractivity contribution in [3.63, 3.8) is 0 Å². The van der Waals surface area contributed by atoms with Gasteiger partial charge in [0.15, 0.2) is 0 Å². The number of alkyl halides is 1. The average Bonchev–Trinajstić information content (AvgIpc) is 2.11. The zero-order valence-electron chi connectivity index (χ0n) is 7.30. The van der Waals surface area contributed by atoms with Crippen molar-refractivity contribution in [1.29, 1.82) is 0 Å². The number of nitrogens with two attached hydrogens (primary N) is 1. The lowest BCUT2D eigenvalue weighted by Crippen LogP contribution is -2.11. The predicted octanol–water partition coefficient (Wildman–Crippen LogP) is 3.06. The molecule has 0 aliphatic heterocycles. The highest BCUT2D eigenvalue weighted by Gasteiger charge is 2.14. The fourth-order valence-corrected chi connectivity index (χ4v) is 1.65. The molecule has 0 bridgehead atoms. The Labute approximate surface area is 91.4 Å². The van der Waals surface area contributed by atoms with Crippen LogP contribution in [0.1, 0.15) is 18.0 Å². The Kier molecular flexibility index (Phi) is 3.98. The van der Waals surface area contributed by atoms with Crippen molar-refractivity contribution in [2.24, 2.45) is 5.73 Å². The number of benzene rings is 1. The van der Waals surface area contributed by atoms with E-state index in [0.29, 0.717) is 10.6 Å². The number of hydrogen-bond acceptors (Lipinski definition) is 2. The van der Waals surface area contributed by atoms with Crippen LogP contribution in [0.4, 0.5) is 4.39 Å². The fourth-order valence-electron chi connectivity index (χ4n) is 1.14. The van der Waals surface area contributed by atoms with Crippen molar-refractivity contribution < 1.29 is 9.50 Å². The first kappa shape index (κ1) is 11.6. The quantitative estimate of drug-likeness (QED) is 0.849. The van der Waals surface area contributed by atoms with Crippen LogP contribution in [0.15, 0.2) is 12.1 Å². The van der Waals surface area contributed by atoms with Gasteiger partial charge in [0, 0.05) is 16.6 Å². The highest BCUT2D eigenvalue weighted by molar-refractivity contribution is 6.35. The van der Waals surface area contributed by atoms with Crippen LogP contribution in [0.25, 0.3) is 0 Å². The van der Waals surface area contributed by atoms with E-state index in [0.717, 1.165) is 0 Å². The van der Waals surface area contributed by atoms with Gasteiger partial charge in [-0.3, -0.25) is 4.39 Å². The van der Waals surface area contributed by atoms with Gasteiger partial charge in [-0.2, -0.15) is 0 Å². The van der Waals surface area contributed by atoms with Crippen LogP contribution < -0.4 is 5.73 Å². The molecule has 0 aliphatic carbocycles. The Hall–Kier alpha value is -0.510. The van der Waals surface area contributed by atoms with E-state index in [4.69, 9.17) is 28.9 Å². The van der Waals surface area contributed by atoms with Crippen molar-refractivity contribution in [1.82, 2.24) is 0 Å². The summed E-state index contributed by atoms with van der Waals surface area (Å²) in [6.45, 7) is -0.551. The Morgan fingerprint density at radius 3 is 2.64 bits per heavy atom. The first-order chi connectivity index (χ1) is 6.56. The first-order valence-electron chi connectivity index (χ1n) is 4.05. The Bertz CT molecular complexity index is 333. The van der Waals surface area contributed by atoms with E-state index in [1.165, 1.54) is 12.1 Å². The lowest BCUT2D eigenvalue weighted by molar-refractivity contribution is 0.424. The zero-order valence-corrected chi connectivity index (χ0v) is 8.82. The molecule has 3 N–H and O–H groups in total. The molecule has 0 saturated carbocycles.